The van der Waals surface area contributed by atoms with Gasteiger partial charge >= 0.3 is 0 Å². The van der Waals surface area contributed by atoms with Crippen LogP contribution in [-0.4, -0.2) is 36.4 Å². The molecular weight excluding hydrogens is 444 g/mol. The summed E-state index contributed by atoms with van der Waals surface area (Å²) in [6.07, 6.45) is 6.55. The van der Waals surface area contributed by atoms with Crippen molar-refractivity contribution in [3.8, 4) is 5.75 Å². The van der Waals surface area contributed by atoms with Crippen molar-refractivity contribution in [2.24, 2.45) is 0 Å². The van der Waals surface area contributed by atoms with E-state index in [4.69, 9.17) is 4.74 Å². The second-order valence-electron chi connectivity index (χ2n) is 7.70. The number of carbonyl (C=O) groups is 2. The van der Waals surface area contributed by atoms with E-state index in [2.05, 4.69) is 21.2 Å². The van der Waals surface area contributed by atoms with E-state index in [1.54, 1.807) is 30.3 Å². The van der Waals surface area contributed by atoms with Crippen LogP contribution in [0.25, 0.3) is 0 Å². The SMILES string of the molecule is CCCOc1ccc(C(=O)Nc2ccccc2C(=O)N(C)C2CCCCC2)cc1Br. The Morgan fingerprint density at radius 2 is 1.87 bits per heavy atom. The van der Waals surface area contributed by atoms with E-state index in [-0.39, 0.29) is 17.9 Å². The highest BCUT2D eigenvalue weighted by Crippen LogP contribution is 2.28. The molecule has 0 unspecified atom stereocenters. The van der Waals surface area contributed by atoms with E-state index in [0.717, 1.165) is 36.6 Å². The minimum absolute atomic E-state index is 0.0534. The minimum atomic E-state index is -0.265. The minimum Gasteiger partial charge on any atom is -0.492 e. The van der Waals surface area contributed by atoms with E-state index >= 15 is 0 Å². The number of amides is 2. The maximum absolute atomic E-state index is 13.1. The topological polar surface area (TPSA) is 58.6 Å². The fourth-order valence-corrected chi connectivity index (χ4v) is 4.26. The molecule has 6 heteroatoms. The fourth-order valence-electron chi connectivity index (χ4n) is 3.77. The van der Waals surface area contributed by atoms with Crippen molar-refractivity contribution in [2.45, 2.75) is 51.5 Å². The molecule has 0 spiro atoms. The molecule has 160 valence electrons. The number of rotatable bonds is 7. The van der Waals surface area contributed by atoms with Gasteiger partial charge < -0.3 is 15.0 Å². The monoisotopic (exact) mass is 472 g/mol. The number of nitrogens with zero attached hydrogens (tertiary/aromatic N) is 1. The molecule has 0 atom stereocenters. The highest BCUT2D eigenvalue weighted by atomic mass is 79.9. The standard InChI is InChI=1S/C24H29BrN2O3/c1-3-15-30-22-14-13-17(16-20(22)25)23(28)26-21-12-8-7-11-19(21)24(29)27(2)18-9-5-4-6-10-18/h7-8,11-14,16,18H,3-6,9-10,15H2,1-2H3,(H,26,28). The van der Waals surface area contributed by atoms with E-state index in [1.807, 2.05) is 31.0 Å². The molecular formula is C24H29BrN2O3. The number of nitrogens with one attached hydrogen (secondary N) is 1. The number of hydrogen-bond acceptors (Lipinski definition) is 3. The zero-order valence-corrected chi connectivity index (χ0v) is 19.2. The maximum Gasteiger partial charge on any atom is 0.255 e. The molecule has 3 rings (SSSR count). The summed E-state index contributed by atoms with van der Waals surface area (Å²) < 4.78 is 6.37. The summed E-state index contributed by atoms with van der Waals surface area (Å²) in [5.74, 6) is 0.388. The van der Waals surface area contributed by atoms with Crippen LogP contribution in [0.15, 0.2) is 46.9 Å². The number of anilines is 1. The van der Waals surface area contributed by atoms with Crippen LogP contribution in [0.5, 0.6) is 5.75 Å². The largest absolute Gasteiger partial charge is 0.492 e. The molecule has 2 aromatic rings. The Hall–Kier alpha value is -2.34. The molecule has 30 heavy (non-hydrogen) atoms. The van der Waals surface area contributed by atoms with E-state index in [9.17, 15) is 9.59 Å². The Kier molecular flexibility index (Phi) is 7.91. The third-order valence-corrected chi connectivity index (χ3v) is 6.12. The molecule has 0 aliphatic heterocycles. The number of para-hydroxylation sites is 1. The van der Waals surface area contributed by atoms with Gasteiger partial charge in [0.25, 0.3) is 11.8 Å². The number of carbonyl (C=O) groups excluding carboxylic acids is 2. The Morgan fingerprint density at radius 3 is 2.57 bits per heavy atom. The van der Waals surface area contributed by atoms with Crippen LogP contribution in [0, 0.1) is 0 Å². The molecule has 1 fully saturated rings. The highest BCUT2D eigenvalue weighted by molar-refractivity contribution is 9.10. The number of hydrogen-bond donors (Lipinski definition) is 1. The molecule has 0 saturated heterocycles. The van der Waals surface area contributed by atoms with Crippen molar-refractivity contribution in [2.75, 3.05) is 19.0 Å². The fraction of sp³-hybridized carbons (Fsp3) is 0.417. The third kappa shape index (κ3) is 5.42. The van der Waals surface area contributed by atoms with E-state index in [0.29, 0.717) is 29.2 Å². The highest BCUT2D eigenvalue weighted by Gasteiger charge is 2.25. The van der Waals surface area contributed by atoms with Crippen molar-refractivity contribution in [3.63, 3.8) is 0 Å². The first-order valence-corrected chi connectivity index (χ1v) is 11.4. The summed E-state index contributed by atoms with van der Waals surface area (Å²) in [5, 5.41) is 2.91. The maximum atomic E-state index is 13.1. The second kappa shape index (κ2) is 10.6. The zero-order valence-electron chi connectivity index (χ0n) is 17.6. The van der Waals surface area contributed by atoms with Crippen molar-refractivity contribution >= 4 is 33.4 Å². The van der Waals surface area contributed by atoms with Crippen molar-refractivity contribution in [3.05, 3.63) is 58.1 Å². The molecule has 2 aromatic carbocycles. The molecule has 1 saturated carbocycles. The Bertz CT molecular complexity index is 894. The third-order valence-electron chi connectivity index (χ3n) is 5.50. The van der Waals surface area contributed by atoms with Crippen LogP contribution >= 0.6 is 15.9 Å². The predicted molar refractivity (Wildman–Crippen MR) is 123 cm³/mol. The number of halogens is 1. The van der Waals surface area contributed by atoms with Crippen molar-refractivity contribution in [1.29, 1.82) is 0 Å². The smallest absolute Gasteiger partial charge is 0.255 e. The van der Waals surface area contributed by atoms with Gasteiger partial charge in [0.1, 0.15) is 5.75 Å². The van der Waals surface area contributed by atoms with Gasteiger partial charge in [-0.2, -0.15) is 0 Å². The first-order chi connectivity index (χ1) is 14.5. The Morgan fingerprint density at radius 1 is 1.13 bits per heavy atom. The summed E-state index contributed by atoms with van der Waals surface area (Å²) >= 11 is 3.47. The molecule has 0 aromatic heterocycles. The lowest BCUT2D eigenvalue weighted by Gasteiger charge is -2.31. The van der Waals surface area contributed by atoms with Gasteiger partial charge in [0.05, 0.1) is 22.3 Å². The molecule has 2 amide bonds. The van der Waals surface area contributed by atoms with Gasteiger partial charge in [0, 0.05) is 18.7 Å². The van der Waals surface area contributed by atoms with Crippen LogP contribution in [-0.2, 0) is 0 Å². The van der Waals surface area contributed by atoms with Gasteiger partial charge in [0.15, 0.2) is 0 Å². The van der Waals surface area contributed by atoms with Crippen LogP contribution in [0.3, 0.4) is 0 Å². The molecule has 1 N–H and O–H groups in total. The van der Waals surface area contributed by atoms with Gasteiger partial charge in [-0.1, -0.05) is 38.3 Å². The number of benzene rings is 2. The van der Waals surface area contributed by atoms with E-state index < -0.39 is 0 Å². The van der Waals surface area contributed by atoms with Gasteiger partial charge in [-0.05, 0) is 65.5 Å². The second-order valence-corrected chi connectivity index (χ2v) is 8.56. The summed E-state index contributed by atoms with van der Waals surface area (Å²) in [4.78, 5) is 27.8. The van der Waals surface area contributed by atoms with Crippen LogP contribution in [0.1, 0.15) is 66.2 Å². The number of ether oxygens (including phenoxy) is 1. The first-order valence-electron chi connectivity index (χ1n) is 10.6. The van der Waals surface area contributed by atoms with Gasteiger partial charge in [-0.3, -0.25) is 9.59 Å². The van der Waals surface area contributed by atoms with E-state index in [1.165, 1.54) is 6.42 Å². The van der Waals surface area contributed by atoms with Gasteiger partial charge in [-0.25, -0.2) is 0 Å². The molecule has 1 aliphatic carbocycles. The molecule has 0 heterocycles. The Balaban J connectivity index is 1.75. The quantitative estimate of drug-likeness (QED) is 0.545. The molecule has 5 nitrogen and oxygen atoms in total. The Labute approximate surface area is 186 Å². The molecule has 0 radical (unpaired) electrons. The predicted octanol–water partition coefficient (Wildman–Crippen LogP) is 5.89. The lowest BCUT2D eigenvalue weighted by atomic mass is 9.94. The molecule has 0 bridgehead atoms. The summed E-state index contributed by atoms with van der Waals surface area (Å²) in [6, 6.07) is 12.7. The summed E-state index contributed by atoms with van der Waals surface area (Å²) in [6.45, 7) is 2.66. The van der Waals surface area contributed by atoms with Crippen LogP contribution in [0.2, 0.25) is 0 Å². The van der Waals surface area contributed by atoms with Gasteiger partial charge in [0.2, 0.25) is 0 Å². The van der Waals surface area contributed by atoms with Crippen molar-refractivity contribution in [1.82, 2.24) is 4.90 Å². The lowest BCUT2D eigenvalue weighted by Crippen LogP contribution is -2.38. The summed E-state index contributed by atoms with van der Waals surface area (Å²) in [7, 11) is 1.86. The molecule has 1 aliphatic rings. The van der Waals surface area contributed by atoms with Crippen LogP contribution in [0.4, 0.5) is 5.69 Å². The first kappa shape index (κ1) is 22.3. The van der Waals surface area contributed by atoms with Crippen LogP contribution < -0.4 is 10.1 Å². The zero-order chi connectivity index (χ0) is 21.5. The van der Waals surface area contributed by atoms with Crippen molar-refractivity contribution < 1.29 is 14.3 Å². The average Bonchev–Trinajstić information content (AvgIpc) is 2.78. The summed E-state index contributed by atoms with van der Waals surface area (Å²) in [5.41, 5.74) is 1.53. The lowest BCUT2D eigenvalue weighted by molar-refractivity contribution is 0.0697. The van der Waals surface area contributed by atoms with Gasteiger partial charge in [-0.15, -0.1) is 0 Å². The normalized spacial score (nSPS) is 14.2. The average molecular weight is 473 g/mol.